The third kappa shape index (κ3) is 1.66. The SMILES string of the molecule is Cn1c(CCN)cc(=O)n2nc(C3CCC3)cc12. The second-order valence-corrected chi connectivity index (χ2v) is 5.04. The van der Waals surface area contributed by atoms with Crippen molar-refractivity contribution in [3.8, 4) is 0 Å². The Bertz CT molecular complexity index is 636. The Morgan fingerprint density at radius 1 is 1.44 bits per heavy atom. The van der Waals surface area contributed by atoms with E-state index in [0.29, 0.717) is 18.9 Å². The number of hydrogen-bond donors (Lipinski definition) is 1. The van der Waals surface area contributed by atoms with E-state index >= 15 is 0 Å². The summed E-state index contributed by atoms with van der Waals surface area (Å²) in [5, 5.41) is 4.45. The van der Waals surface area contributed by atoms with Gasteiger partial charge >= 0.3 is 0 Å². The summed E-state index contributed by atoms with van der Waals surface area (Å²) < 4.78 is 3.52. The fourth-order valence-electron chi connectivity index (χ4n) is 2.53. The van der Waals surface area contributed by atoms with Gasteiger partial charge in [0.05, 0.1) is 5.69 Å². The molecule has 0 aromatic carbocycles. The molecule has 0 atom stereocenters. The van der Waals surface area contributed by atoms with Crippen molar-refractivity contribution in [2.75, 3.05) is 6.54 Å². The second kappa shape index (κ2) is 4.24. The van der Waals surface area contributed by atoms with Crippen LogP contribution in [0.5, 0.6) is 0 Å². The lowest BCUT2D eigenvalue weighted by molar-refractivity contribution is 0.409. The van der Waals surface area contributed by atoms with Gasteiger partial charge in [-0.1, -0.05) is 6.42 Å². The van der Waals surface area contributed by atoms with Gasteiger partial charge in [-0.25, -0.2) is 0 Å². The van der Waals surface area contributed by atoms with Gasteiger partial charge in [-0.05, 0) is 19.4 Å². The number of hydrogen-bond acceptors (Lipinski definition) is 3. The Morgan fingerprint density at radius 2 is 2.22 bits per heavy atom. The van der Waals surface area contributed by atoms with E-state index in [1.807, 2.05) is 17.7 Å². The topological polar surface area (TPSA) is 65.3 Å². The Balaban J connectivity index is 2.16. The maximum absolute atomic E-state index is 12.0. The molecule has 2 aromatic rings. The average Bonchev–Trinajstić information content (AvgIpc) is 2.69. The van der Waals surface area contributed by atoms with E-state index < -0.39 is 0 Å². The van der Waals surface area contributed by atoms with Gasteiger partial charge in [-0.15, -0.1) is 0 Å². The van der Waals surface area contributed by atoms with Crippen molar-refractivity contribution in [2.24, 2.45) is 12.8 Å². The third-order valence-corrected chi connectivity index (χ3v) is 3.91. The molecule has 96 valence electrons. The molecule has 0 unspecified atom stereocenters. The minimum absolute atomic E-state index is 0.0582. The number of fused-ring (bicyclic) bond motifs is 1. The van der Waals surface area contributed by atoms with Crippen LogP contribution in [0.2, 0.25) is 0 Å². The summed E-state index contributed by atoms with van der Waals surface area (Å²) in [6.07, 6.45) is 4.37. The van der Waals surface area contributed by atoms with E-state index in [4.69, 9.17) is 5.73 Å². The van der Waals surface area contributed by atoms with Gasteiger partial charge in [-0.3, -0.25) is 4.79 Å². The van der Waals surface area contributed by atoms with Gasteiger partial charge in [0.2, 0.25) is 0 Å². The molecule has 0 bridgehead atoms. The highest BCUT2D eigenvalue weighted by Crippen LogP contribution is 2.35. The molecule has 0 amide bonds. The van der Waals surface area contributed by atoms with Gasteiger partial charge in [0.25, 0.3) is 5.56 Å². The first-order valence-electron chi connectivity index (χ1n) is 6.49. The molecule has 2 aromatic heterocycles. The molecule has 0 aliphatic heterocycles. The minimum atomic E-state index is -0.0582. The maximum Gasteiger partial charge on any atom is 0.274 e. The smallest absolute Gasteiger partial charge is 0.274 e. The van der Waals surface area contributed by atoms with E-state index in [9.17, 15) is 4.79 Å². The van der Waals surface area contributed by atoms with E-state index in [2.05, 4.69) is 5.10 Å². The molecule has 2 heterocycles. The van der Waals surface area contributed by atoms with Crippen molar-refractivity contribution in [3.05, 3.63) is 33.9 Å². The summed E-state index contributed by atoms with van der Waals surface area (Å²) >= 11 is 0. The maximum atomic E-state index is 12.0. The molecule has 1 fully saturated rings. The van der Waals surface area contributed by atoms with Crippen LogP contribution in [0.4, 0.5) is 0 Å². The molecule has 5 nitrogen and oxygen atoms in total. The van der Waals surface area contributed by atoms with Crippen molar-refractivity contribution in [3.63, 3.8) is 0 Å². The van der Waals surface area contributed by atoms with Gasteiger partial charge in [0.1, 0.15) is 5.65 Å². The normalized spacial score (nSPS) is 16.1. The molecular formula is C13H18N4O. The van der Waals surface area contributed by atoms with Crippen LogP contribution in [-0.2, 0) is 13.5 Å². The summed E-state index contributed by atoms with van der Waals surface area (Å²) in [5.41, 5.74) is 8.40. The highest BCUT2D eigenvalue weighted by atomic mass is 16.1. The molecule has 0 spiro atoms. The molecule has 1 aliphatic carbocycles. The fraction of sp³-hybridized carbons (Fsp3) is 0.538. The van der Waals surface area contributed by atoms with Crippen molar-refractivity contribution >= 4 is 5.65 Å². The predicted octanol–water partition coefficient (Wildman–Crippen LogP) is 0.802. The molecule has 3 rings (SSSR count). The summed E-state index contributed by atoms with van der Waals surface area (Å²) in [5.74, 6) is 0.544. The van der Waals surface area contributed by atoms with Crippen LogP contribution in [-0.4, -0.2) is 20.7 Å². The lowest BCUT2D eigenvalue weighted by Gasteiger charge is -2.22. The first-order chi connectivity index (χ1) is 8.70. The molecule has 1 saturated carbocycles. The Morgan fingerprint density at radius 3 is 2.83 bits per heavy atom. The molecule has 18 heavy (non-hydrogen) atoms. The number of rotatable bonds is 3. The van der Waals surface area contributed by atoms with Crippen molar-refractivity contribution < 1.29 is 0 Å². The number of aryl methyl sites for hydroxylation is 1. The zero-order valence-electron chi connectivity index (χ0n) is 10.6. The largest absolute Gasteiger partial charge is 0.333 e. The predicted molar refractivity (Wildman–Crippen MR) is 69.8 cm³/mol. The molecule has 0 saturated heterocycles. The zero-order chi connectivity index (χ0) is 12.7. The third-order valence-electron chi connectivity index (χ3n) is 3.91. The molecule has 5 heteroatoms. The van der Waals surface area contributed by atoms with Crippen molar-refractivity contribution in [1.82, 2.24) is 14.2 Å². The summed E-state index contributed by atoms with van der Waals surface area (Å²) in [4.78, 5) is 12.0. The fourth-order valence-corrected chi connectivity index (χ4v) is 2.53. The van der Waals surface area contributed by atoms with Gasteiger partial charge < -0.3 is 10.3 Å². The van der Waals surface area contributed by atoms with Gasteiger partial charge in [0, 0.05) is 37.2 Å². The quantitative estimate of drug-likeness (QED) is 0.871. The highest BCUT2D eigenvalue weighted by molar-refractivity contribution is 5.43. The van der Waals surface area contributed by atoms with E-state index in [1.54, 1.807) is 6.07 Å². The molecule has 0 radical (unpaired) electrons. The molecule has 2 N–H and O–H groups in total. The summed E-state index contributed by atoms with van der Waals surface area (Å²) in [6.45, 7) is 0.549. The van der Waals surface area contributed by atoms with Crippen LogP contribution in [0.25, 0.3) is 5.65 Å². The number of aromatic nitrogens is 3. The van der Waals surface area contributed by atoms with Gasteiger partial charge in [-0.2, -0.15) is 9.61 Å². The van der Waals surface area contributed by atoms with E-state index in [1.165, 1.54) is 23.8 Å². The highest BCUT2D eigenvalue weighted by Gasteiger charge is 2.23. The lowest BCUT2D eigenvalue weighted by atomic mass is 9.83. The average molecular weight is 246 g/mol. The Hall–Kier alpha value is -1.62. The van der Waals surface area contributed by atoms with E-state index in [0.717, 1.165) is 17.0 Å². The number of nitrogens with zero attached hydrogens (tertiary/aromatic N) is 3. The van der Waals surface area contributed by atoms with Crippen LogP contribution in [0, 0.1) is 0 Å². The lowest BCUT2D eigenvalue weighted by Crippen LogP contribution is -2.21. The first-order valence-corrected chi connectivity index (χ1v) is 6.49. The first kappa shape index (κ1) is 11.5. The van der Waals surface area contributed by atoms with Crippen molar-refractivity contribution in [1.29, 1.82) is 0 Å². The number of nitrogens with two attached hydrogens (primary N) is 1. The van der Waals surface area contributed by atoms with Crippen LogP contribution >= 0.6 is 0 Å². The molecule has 1 aliphatic rings. The van der Waals surface area contributed by atoms with Gasteiger partial charge in [0.15, 0.2) is 0 Å². The van der Waals surface area contributed by atoms with E-state index in [-0.39, 0.29) is 5.56 Å². The molecular weight excluding hydrogens is 228 g/mol. The zero-order valence-corrected chi connectivity index (χ0v) is 10.6. The van der Waals surface area contributed by atoms with Crippen LogP contribution in [0.15, 0.2) is 16.9 Å². The standard InChI is InChI=1S/C13H18N4O/c1-16-10(5-6-14)7-13(18)17-12(16)8-11(15-17)9-3-2-4-9/h7-9H,2-6,14H2,1H3. The summed E-state index contributed by atoms with van der Waals surface area (Å²) in [6, 6.07) is 3.68. The monoisotopic (exact) mass is 246 g/mol. The second-order valence-electron chi connectivity index (χ2n) is 5.04. The van der Waals surface area contributed by atoms with Crippen LogP contribution < -0.4 is 11.3 Å². The Kier molecular flexibility index (Phi) is 2.70. The van der Waals surface area contributed by atoms with Crippen LogP contribution in [0.1, 0.15) is 36.6 Å². The summed E-state index contributed by atoms with van der Waals surface area (Å²) in [7, 11) is 1.96. The van der Waals surface area contributed by atoms with Crippen molar-refractivity contribution in [2.45, 2.75) is 31.6 Å². The van der Waals surface area contributed by atoms with Crippen LogP contribution in [0.3, 0.4) is 0 Å². The Labute approximate surface area is 105 Å². The minimum Gasteiger partial charge on any atom is -0.333 e.